The normalized spacial score (nSPS) is 30.0. The van der Waals surface area contributed by atoms with Crippen LogP contribution in [-0.4, -0.2) is 72.6 Å². The molecule has 2 fully saturated rings. The van der Waals surface area contributed by atoms with Gasteiger partial charge in [0, 0.05) is 38.5 Å². The molecule has 0 aromatic heterocycles. The van der Waals surface area contributed by atoms with Crippen molar-refractivity contribution in [3.05, 3.63) is 23.8 Å². The molecule has 6 nitrogen and oxygen atoms in total. The van der Waals surface area contributed by atoms with Crippen LogP contribution in [0.3, 0.4) is 0 Å². The lowest BCUT2D eigenvalue weighted by Crippen LogP contribution is -2.41. The van der Waals surface area contributed by atoms with Crippen LogP contribution in [0.4, 0.5) is 0 Å². The van der Waals surface area contributed by atoms with Gasteiger partial charge in [0.1, 0.15) is 0 Å². The lowest BCUT2D eigenvalue weighted by Gasteiger charge is -2.26. The monoisotopic (exact) mass is 420 g/mol. The fraction of sp³-hybridized carbons (Fsp3) is 0.792. The minimum Gasteiger partial charge on any atom is -0.392 e. The zero-order valence-electron chi connectivity index (χ0n) is 18.5. The molecule has 0 bridgehead atoms. The molecule has 1 saturated heterocycles. The van der Waals surface area contributed by atoms with Crippen LogP contribution in [0.1, 0.15) is 51.9 Å². The Morgan fingerprint density at radius 1 is 1.37 bits per heavy atom. The molecule has 0 unspecified atom stereocenters. The van der Waals surface area contributed by atoms with Crippen molar-refractivity contribution >= 4 is 5.91 Å². The van der Waals surface area contributed by atoms with E-state index in [1.807, 2.05) is 11.0 Å². The average Bonchev–Trinajstić information content (AvgIpc) is 3.26. The Bertz CT molecular complexity index is 600. The Hall–Kier alpha value is -1.21. The van der Waals surface area contributed by atoms with Gasteiger partial charge in [0.05, 0.1) is 25.4 Å². The third kappa shape index (κ3) is 6.64. The van der Waals surface area contributed by atoms with Crippen LogP contribution in [0.25, 0.3) is 0 Å². The zero-order chi connectivity index (χ0) is 21.3. The second kappa shape index (κ2) is 12.0. The molecule has 2 aliphatic carbocycles. The number of aliphatic hydroxyl groups excluding tert-OH is 2. The van der Waals surface area contributed by atoms with Crippen molar-refractivity contribution in [2.45, 2.75) is 64.1 Å². The summed E-state index contributed by atoms with van der Waals surface area (Å²) < 4.78 is 5.29. The van der Waals surface area contributed by atoms with Crippen LogP contribution in [0, 0.1) is 17.8 Å². The Labute approximate surface area is 181 Å². The van der Waals surface area contributed by atoms with Gasteiger partial charge in [-0.15, -0.1) is 0 Å². The van der Waals surface area contributed by atoms with Crippen molar-refractivity contribution in [2.24, 2.45) is 17.8 Å². The molecule has 1 saturated carbocycles. The number of carbonyl (C=O) groups excluding carboxylic acids is 1. The van der Waals surface area contributed by atoms with Crippen LogP contribution in [-0.2, 0) is 9.53 Å². The molecule has 30 heavy (non-hydrogen) atoms. The quantitative estimate of drug-likeness (QED) is 0.353. The molecule has 0 spiro atoms. The molecule has 1 heterocycles. The van der Waals surface area contributed by atoms with E-state index >= 15 is 0 Å². The summed E-state index contributed by atoms with van der Waals surface area (Å²) in [6.07, 6.45) is 12.1. The van der Waals surface area contributed by atoms with Crippen molar-refractivity contribution < 1.29 is 19.7 Å². The number of amides is 1. The number of ether oxygens (including phenoxy) is 1. The maximum Gasteiger partial charge on any atom is 0.224 e. The predicted molar refractivity (Wildman–Crippen MR) is 118 cm³/mol. The molecule has 0 aromatic rings. The fourth-order valence-corrected chi connectivity index (χ4v) is 5.11. The molecule has 170 valence electrons. The fourth-order valence-electron chi connectivity index (χ4n) is 5.11. The molecule has 1 amide bonds. The minimum atomic E-state index is -0.401. The Morgan fingerprint density at radius 3 is 2.93 bits per heavy atom. The largest absolute Gasteiger partial charge is 0.392 e. The molecule has 3 N–H and O–H groups in total. The van der Waals surface area contributed by atoms with Gasteiger partial charge in [0.15, 0.2) is 0 Å². The van der Waals surface area contributed by atoms with E-state index in [4.69, 9.17) is 4.74 Å². The third-order valence-electron chi connectivity index (χ3n) is 6.84. The number of carbonyl (C=O) groups is 1. The first-order chi connectivity index (χ1) is 14.6. The van der Waals surface area contributed by atoms with E-state index in [2.05, 4.69) is 24.4 Å². The highest BCUT2D eigenvalue weighted by Crippen LogP contribution is 2.47. The van der Waals surface area contributed by atoms with Gasteiger partial charge in [-0.3, -0.25) is 4.79 Å². The second-order valence-electron chi connectivity index (χ2n) is 9.11. The van der Waals surface area contributed by atoms with E-state index in [1.165, 1.54) is 5.57 Å². The van der Waals surface area contributed by atoms with Crippen LogP contribution < -0.4 is 5.32 Å². The van der Waals surface area contributed by atoms with Gasteiger partial charge in [-0.2, -0.15) is 0 Å². The van der Waals surface area contributed by atoms with Gasteiger partial charge < -0.3 is 25.2 Å². The van der Waals surface area contributed by atoms with Crippen molar-refractivity contribution in [1.82, 2.24) is 10.2 Å². The van der Waals surface area contributed by atoms with E-state index in [0.29, 0.717) is 51.1 Å². The summed E-state index contributed by atoms with van der Waals surface area (Å²) in [5.41, 5.74) is 1.39. The standard InChI is InChI=1S/C24H40N2O4/c1-2-3-4-5-20(27)6-7-21-22-15-18(14-19(22)16-23(21)28)17-25-9-8-24(29)26-10-12-30-13-11-26/h6-7,14,19-23,25,27-28H,2-5,8-13,15-17H2,1H3/t19-,20-,21+,22-,23+/m0/s1. The molecular weight excluding hydrogens is 380 g/mol. The summed E-state index contributed by atoms with van der Waals surface area (Å²) in [7, 11) is 0. The summed E-state index contributed by atoms with van der Waals surface area (Å²) in [6, 6.07) is 0. The average molecular weight is 421 g/mol. The molecule has 6 heteroatoms. The highest BCUT2D eigenvalue weighted by atomic mass is 16.5. The maximum absolute atomic E-state index is 12.2. The number of hydrogen-bond donors (Lipinski definition) is 3. The van der Waals surface area contributed by atoms with Crippen molar-refractivity contribution in [3.63, 3.8) is 0 Å². The molecule has 1 aliphatic heterocycles. The van der Waals surface area contributed by atoms with Gasteiger partial charge in [0.25, 0.3) is 0 Å². The molecular formula is C24H40N2O4. The number of morpholine rings is 1. The van der Waals surface area contributed by atoms with Gasteiger partial charge in [-0.25, -0.2) is 0 Å². The first-order valence-electron chi connectivity index (χ1n) is 11.9. The molecule has 5 atom stereocenters. The first kappa shape index (κ1) is 23.5. The van der Waals surface area contributed by atoms with E-state index in [-0.39, 0.29) is 17.9 Å². The van der Waals surface area contributed by atoms with E-state index in [9.17, 15) is 15.0 Å². The summed E-state index contributed by atoms with van der Waals surface area (Å²) in [5.74, 6) is 1.20. The summed E-state index contributed by atoms with van der Waals surface area (Å²) in [5, 5.41) is 24.1. The van der Waals surface area contributed by atoms with Crippen LogP contribution >= 0.6 is 0 Å². The Balaban J connectivity index is 1.37. The van der Waals surface area contributed by atoms with Crippen molar-refractivity contribution in [1.29, 1.82) is 0 Å². The Kier molecular flexibility index (Phi) is 9.37. The number of fused-ring (bicyclic) bond motifs is 1. The number of rotatable bonds is 11. The number of allylic oxidation sites excluding steroid dienone is 1. The number of unbranched alkanes of at least 4 members (excludes halogenated alkanes) is 2. The highest BCUT2D eigenvalue weighted by Gasteiger charge is 2.43. The van der Waals surface area contributed by atoms with Crippen LogP contribution in [0.5, 0.6) is 0 Å². The van der Waals surface area contributed by atoms with Gasteiger partial charge in [0.2, 0.25) is 5.91 Å². The minimum absolute atomic E-state index is 0.132. The van der Waals surface area contributed by atoms with Crippen molar-refractivity contribution in [2.75, 3.05) is 39.4 Å². The highest BCUT2D eigenvalue weighted by molar-refractivity contribution is 5.76. The number of nitrogens with one attached hydrogen (secondary N) is 1. The lowest BCUT2D eigenvalue weighted by atomic mass is 9.89. The topological polar surface area (TPSA) is 82.0 Å². The number of aliphatic hydroxyl groups is 2. The second-order valence-corrected chi connectivity index (χ2v) is 9.11. The molecule has 0 radical (unpaired) electrons. The third-order valence-corrected chi connectivity index (χ3v) is 6.84. The van der Waals surface area contributed by atoms with E-state index < -0.39 is 6.10 Å². The Morgan fingerprint density at radius 2 is 2.17 bits per heavy atom. The summed E-state index contributed by atoms with van der Waals surface area (Å²) >= 11 is 0. The summed E-state index contributed by atoms with van der Waals surface area (Å²) in [6.45, 7) is 6.38. The molecule has 0 aromatic carbocycles. The lowest BCUT2D eigenvalue weighted by molar-refractivity contribution is -0.135. The van der Waals surface area contributed by atoms with Gasteiger partial charge in [-0.1, -0.05) is 50.0 Å². The number of nitrogens with zero attached hydrogens (tertiary/aromatic N) is 1. The SMILES string of the molecule is CCCCC[C@H](O)C=C[C@@H]1[C@H]2CC(CNCCC(=O)N3CCOCC3)=C[C@H]2C[C@H]1O. The maximum atomic E-state index is 12.2. The molecule has 3 aliphatic rings. The zero-order valence-corrected chi connectivity index (χ0v) is 18.5. The van der Waals surface area contributed by atoms with E-state index in [1.54, 1.807) is 0 Å². The smallest absolute Gasteiger partial charge is 0.224 e. The van der Waals surface area contributed by atoms with Crippen molar-refractivity contribution in [3.8, 4) is 0 Å². The number of hydrogen-bond acceptors (Lipinski definition) is 5. The first-order valence-corrected chi connectivity index (χ1v) is 11.9. The molecule has 3 rings (SSSR count). The van der Waals surface area contributed by atoms with E-state index in [0.717, 1.165) is 45.1 Å². The van der Waals surface area contributed by atoms with Gasteiger partial charge in [-0.05, 0) is 31.1 Å². The summed E-state index contributed by atoms with van der Waals surface area (Å²) in [4.78, 5) is 14.1. The van der Waals surface area contributed by atoms with Crippen LogP contribution in [0.15, 0.2) is 23.8 Å². The predicted octanol–water partition coefficient (Wildman–Crippen LogP) is 2.27. The van der Waals surface area contributed by atoms with Crippen LogP contribution in [0.2, 0.25) is 0 Å². The van der Waals surface area contributed by atoms with Gasteiger partial charge >= 0.3 is 0 Å².